The Balaban J connectivity index is 2.03. The zero-order valence-corrected chi connectivity index (χ0v) is 10.5. The fourth-order valence-corrected chi connectivity index (χ4v) is 2.60. The lowest BCUT2D eigenvalue weighted by Crippen LogP contribution is -2.32. The first-order chi connectivity index (χ1) is 7.68. The standard InChI is InChI=1S/C14H22N2/c1-11-6-4-5-7-14(11)16(3)10-13-8-9-15-12(13)2/h4-7,12-13,15H,8-10H2,1-3H3. The van der Waals surface area contributed by atoms with E-state index in [0.29, 0.717) is 6.04 Å². The van der Waals surface area contributed by atoms with E-state index >= 15 is 0 Å². The number of benzene rings is 1. The summed E-state index contributed by atoms with van der Waals surface area (Å²) in [5.41, 5.74) is 2.73. The van der Waals surface area contributed by atoms with Crippen LogP contribution in [-0.4, -0.2) is 26.2 Å². The number of hydrogen-bond donors (Lipinski definition) is 1. The molecule has 2 nitrogen and oxygen atoms in total. The van der Waals surface area contributed by atoms with Gasteiger partial charge in [0.2, 0.25) is 0 Å². The molecule has 1 aliphatic heterocycles. The molecule has 0 saturated carbocycles. The number of rotatable bonds is 3. The van der Waals surface area contributed by atoms with Crippen molar-refractivity contribution < 1.29 is 0 Å². The van der Waals surface area contributed by atoms with Gasteiger partial charge in [-0.3, -0.25) is 0 Å². The van der Waals surface area contributed by atoms with Crippen molar-refractivity contribution in [3.63, 3.8) is 0 Å². The third kappa shape index (κ3) is 2.38. The van der Waals surface area contributed by atoms with Crippen LogP contribution in [-0.2, 0) is 0 Å². The lowest BCUT2D eigenvalue weighted by atomic mass is 10.0. The monoisotopic (exact) mass is 218 g/mol. The molecule has 1 N–H and O–H groups in total. The van der Waals surface area contributed by atoms with E-state index in [-0.39, 0.29) is 0 Å². The summed E-state index contributed by atoms with van der Waals surface area (Å²) < 4.78 is 0. The van der Waals surface area contributed by atoms with Gasteiger partial charge < -0.3 is 10.2 Å². The van der Waals surface area contributed by atoms with Crippen molar-refractivity contribution in [3.8, 4) is 0 Å². The summed E-state index contributed by atoms with van der Waals surface area (Å²) in [7, 11) is 2.20. The van der Waals surface area contributed by atoms with Gasteiger partial charge in [0, 0.05) is 25.3 Å². The molecule has 2 rings (SSSR count). The molecule has 0 aromatic heterocycles. The van der Waals surface area contributed by atoms with Gasteiger partial charge in [-0.2, -0.15) is 0 Å². The van der Waals surface area contributed by atoms with Gasteiger partial charge in [0.05, 0.1) is 0 Å². The van der Waals surface area contributed by atoms with E-state index in [1.165, 1.54) is 24.2 Å². The number of nitrogens with one attached hydrogen (secondary N) is 1. The second kappa shape index (κ2) is 4.88. The molecule has 0 amide bonds. The van der Waals surface area contributed by atoms with Crippen LogP contribution in [0.2, 0.25) is 0 Å². The van der Waals surface area contributed by atoms with Gasteiger partial charge in [-0.15, -0.1) is 0 Å². The highest BCUT2D eigenvalue weighted by Crippen LogP contribution is 2.22. The van der Waals surface area contributed by atoms with Crippen LogP contribution in [0.5, 0.6) is 0 Å². The number of hydrogen-bond acceptors (Lipinski definition) is 2. The van der Waals surface area contributed by atoms with Gasteiger partial charge >= 0.3 is 0 Å². The number of aryl methyl sites for hydroxylation is 1. The van der Waals surface area contributed by atoms with Crippen LogP contribution < -0.4 is 10.2 Å². The van der Waals surface area contributed by atoms with E-state index in [0.717, 1.165) is 12.5 Å². The molecule has 1 aliphatic rings. The minimum Gasteiger partial charge on any atom is -0.374 e. The molecule has 1 aromatic rings. The largest absolute Gasteiger partial charge is 0.374 e. The second-order valence-corrected chi connectivity index (χ2v) is 4.96. The summed E-state index contributed by atoms with van der Waals surface area (Å²) in [5, 5.41) is 3.51. The van der Waals surface area contributed by atoms with Crippen molar-refractivity contribution in [1.29, 1.82) is 0 Å². The minimum atomic E-state index is 0.659. The molecule has 0 aliphatic carbocycles. The maximum absolute atomic E-state index is 3.51. The topological polar surface area (TPSA) is 15.3 Å². The van der Waals surface area contributed by atoms with E-state index in [2.05, 4.69) is 55.4 Å². The van der Waals surface area contributed by atoms with Crippen LogP contribution in [0.3, 0.4) is 0 Å². The van der Waals surface area contributed by atoms with Crippen LogP contribution in [0.1, 0.15) is 18.9 Å². The van der Waals surface area contributed by atoms with Gasteiger partial charge in [-0.05, 0) is 44.4 Å². The summed E-state index contributed by atoms with van der Waals surface area (Å²) in [6.45, 7) is 6.80. The average molecular weight is 218 g/mol. The average Bonchev–Trinajstić information content (AvgIpc) is 2.65. The molecule has 2 unspecified atom stereocenters. The van der Waals surface area contributed by atoms with Gasteiger partial charge in [-0.1, -0.05) is 18.2 Å². The Morgan fingerprint density at radius 2 is 2.12 bits per heavy atom. The van der Waals surface area contributed by atoms with Gasteiger partial charge in [0.15, 0.2) is 0 Å². The lowest BCUT2D eigenvalue weighted by molar-refractivity contribution is 0.478. The zero-order chi connectivity index (χ0) is 11.5. The van der Waals surface area contributed by atoms with Crippen molar-refractivity contribution in [2.45, 2.75) is 26.3 Å². The summed E-state index contributed by atoms with van der Waals surface area (Å²) in [6, 6.07) is 9.28. The van der Waals surface area contributed by atoms with Crippen molar-refractivity contribution >= 4 is 5.69 Å². The van der Waals surface area contributed by atoms with E-state index in [9.17, 15) is 0 Å². The number of para-hydroxylation sites is 1. The highest BCUT2D eigenvalue weighted by molar-refractivity contribution is 5.52. The van der Waals surface area contributed by atoms with Gasteiger partial charge in [0.25, 0.3) is 0 Å². The molecule has 0 spiro atoms. The highest BCUT2D eigenvalue weighted by atomic mass is 15.1. The first kappa shape index (κ1) is 11.5. The molecule has 16 heavy (non-hydrogen) atoms. The summed E-state index contributed by atoms with van der Waals surface area (Å²) in [6.07, 6.45) is 1.30. The summed E-state index contributed by atoms with van der Waals surface area (Å²) in [4.78, 5) is 2.39. The van der Waals surface area contributed by atoms with E-state index < -0.39 is 0 Å². The summed E-state index contributed by atoms with van der Waals surface area (Å²) >= 11 is 0. The molecule has 2 atom stereocenters. The van der Waals surface area contributed by atoms with Crippen molar-refractivity contribution in [2.24, 2.45) is 5.92 Å². The molecule has 1 heterocycles. The second-order valence-electron chi connectivity index (χ2n) is 4.96. The van der Waals surface area contributed by atoms with Gasteiger partial charge in [0.1, 0.15) is 0 Å². The van der Waals surface area contributed by atoms with E-state index in [1.807, 2.05) is 0 Å². The number of anilines is 1. The van der Waals surface area contributed by atoms with Crippen molar-refractivity contribution in [3.05, 3.63) is 29.8 Å². The first-order valence-corrected chi connectivity index (χ1v) is 6.18. The SMILES string of the molecule is Cc1ccccc1N(C)CC1CCNC1C. The third-order valence-corrected chi connectivity index (χ3v) is 3.72. The third-order valence-electron chi connectivity index (χ3n) is 3.72. The Kier molecular flexibility index (Phi) is 3.49. The van der Waals surface area contributed by atoms with Gasteiger partial charge in [-0.25, -0.2) is 0 Å². The maximum Gasteiger partial charge on any atom is 0.0393 e. The van der Waals surface area contributed by atoms with Crippen molar-refractivity contribution in [2.75, 3.05) is 25.0 Å². The smallest absolute Gasteiger partial charge is 0.0393 e. The molecule has 1 fully saturated rings. The van der Waals surface area contributed by atoms with Crippen LogP contribution in [0.15, 0.2) is 24.3 Å². The minimum absolute atomic E-state index is 0.659. The predicted molar refractivity (Wildman–Crippen MR) is 70.0 cm³/mol. The van der Waals surface area contributed by atoms with E-state index in [1.54, 1.807) is 0 Å². The Hall–Kier alpha value is -1.02. The molecular formula is C14H22N2. The van der Waals surface area contributed by atoms with Crippen LogP contribution in [0.4, 0.5) is 5.69 Å². The van der Waals surface area contributed by atoms with Crippen LogP contribution >= 0.6 is 0 Å². The quantitative estimate of drug-likeness (QED) is 0.838. The fourth-order valence-electron chi connectivity index (χ4n) is 2.60. The fraction of sp³-hybridized carbons (Fsp3) is 0.571. The molecule has 0 radical (unpaired) electrons. The molecule has 2 heteroatoms. The highest BCUT2D eigenvalue weighted by Gasteiger charge is 2.24. The normalized spacial score (nSPS) is 24.7. The Bertz CT molecular complexity index is 348. The molecular weight excluding hydrogens is 196 g/mol. The molecule has 1 saturated heterocycles. The Labute approximate surface area is 98.7 Å². The Morgan fingerprint density at radius 3 is 2.75 bits per heavy atom. The van der Waals surface area contributed by atoms with Crippen LogP contribution in [0.25, 0.3) is 0 Å². The number of nitrogens with zero attached hydrogens (tertiary/aromatic N) is 1. The van der Waals surface area contributed by atoms with Crippen molar-refractivity contribution in [1.82, 2.24) is 5.32 Å². The summed E-state index contributed by atoms with van der Waals surface area (Å²) in [5.74, 6) is 0.782. The molecule has 0 bridgehead atoms. The zero-order valence-electron chi connectivity index (χ0n) is 10.5. The molecule has 1 aromatic carbocycles. The van der Waals surface area contributed by atoms with E-state index in [4.69, 9.17) is 0 Å². The molecule has 88 valence electrons. The predicted octanol–water partition coefficient (Wildman–Crippen LogP) is 2.43. The lowest BCUT2D eigenvalue weighted by Gasteiger charge is -2.26. The van der Waals surface area contributed by atoms with Crippen LogP contribution in [0, 0.1) is 12.8 Å². The Morgan fingerprint density at radius 1 is 1.38 bits per heavy atom. The maximum atomic E-state index is 3.51. The first-order valence-electron chi connectivity index (χ1n) is 6.18.